The van der Waals surface area contributed by atoms with Crippen molar-refractivity contribution in [2.24, 2.45) is 0 Å². The van der Waals surface area contributed by atoms with Crippen molar-refractivity contribution in [3.8, 4) is 5.75 Å². The van der Waals surface area contributed by atoms with E-state index in [9.17, 15) is 14.7 Å². The molecular weight excluding hydrogens is 376 g/mol. The molecule has 0 bridgehead atoms. The summed E-state index contributed by atoms with van der Waals surface area (Å²) in [5, 5.41) is 12.4. The van der Waals surface area contributed by atoms with Crippen molar-refractivity contribution < 1.29 is 24.2 Å². The zero-order valence-electron chi connectivity index (χ0n) is 17.2. The number of benzene rings is 1. The van der Waals surface area contributed by atoms with Gasteiger partial charge in [-0.1, -0.05) is 0 Å². The molecule has 0 radical (unpaired) electrons. The normalized spacial score (nSPS) is 16.6. The van der Waals surface area contributed by atoms with E-state index in [0.717, 1.165) is 10.9 Å². The van der Waals surface area contributed by atoms with E-state index in [2.05, 4.69) is 10.4 Å². The van der Waals surface area contributed by atoms with Crippen LogP contribution in [0.1, 0.15) is 32.4 Å². The molecule has 1 aromatic heterocycles. The zero-order valence-corrected chi connectivity index (χ0v) is 17.2. The lowest BCUT2D eigenvalue weighted by Gasteiger charge is -2.36. The molecule has 1 saturated heterocycles. The number of aliphatic carboxylic acids is 1. The molecule has 29 heavy (non-hydrogen) atoms. The lowest BCUT2D eigenvalue weighted by atomic mass is 10.1. The summed E-state index contributed by atoms with van der Waals surface area (Å²) in [7, 11) is 1.57. The van der Waals surface area contributed by atoms with Gasteiger partial charge in [-0.15, -0.1) is 0 Å². The third-order valence-corrected chi connectivity index (χ3v) is 4.72. The van der Waals surface area contributed by atoms with Crippen LogP contribution in [0.3, 0.4) is 0 Å². The number of fused-ring (bicyclic) bond motifs is 1. The second-order valence-electron chi connectivity index (χ2n) is 8.01. The van der Waals surface area contributed by atoms with Crippen molar-refractivity contribution in [3.63, 3.8) is 0 Å². The Labute approximate surface area is 169 Å². The molecule has 0 aliphatic carbocycles. The number of carbonyl (C=O) groups is 2. The number of methoxy groups -OCH3 is 1. The monoisotopic (exact) mass is 404 g/mol. The first-order valence-electron chi connectivity index (χ1n) is 9.55. The van der Waals surface area contributed by atoms with Crippen LogP contribution in [0.4, 0.5) is 4.79 Å². The summed E-state index contributed by atoms with van der Waals surface area (Å²) < 4.78 is 10.7. The molecule has 2 aromatic rings. The summed E-state index contributed by atoms with van der Waals surface area (Å²) >= 11 is 0. The number of nitrogens with one attached hydrogen (secondary N) is 2. The topological polar surface area (TPSA) is 107 Å². The highest BCUT2D eigenvalue weighted by Crippen LogP contribution is 2.28. The molecule has 2 heterocycles. The third kappa shape index (κ3) is 4.99. The maximum atomic E-state index is 12.2. The van der Waals surface area contributed by atoms with Crippen LogP contribution in [0, 0.1) is 0 Å². The van der Waals surface area contributed by atoms with E-state index in [1.54, 1.807) is 18.2 Å². The molecule has 3 rings (SSSR count). The minimum atomic E-state index is -0.983. The molecule has 1 fully saturated rings. The van der Waals surface area contributed by atoms with Gasteiger partial charge in [0.2, 0.25) is 0 Å². The number of hydrogen-bond donors (Lipinski definition) is 3. The fraction of sp³-hybridized carbons (Fsp3) is 0.500. The summed E-state index contributed by atoms with van der Waals surface area (Å²) in [6.45, 7) is 7.39. The number of carboxylic acid groups (broad SMARTS) is 1. The van der Waals surface area contributed by atoms with Crippen LogP contribution in [0.5, 0.6) is 5.75 Å². The van der Waals surface area contributed by atoms with Crippen molar-refractivity contribution in [3.05, 3.63) is 30.0 Å². The fourth-order valence-electron chi connectivity index (χ4n) is 3.27. The van der Waals surface area contributed by atoms with Gasteiger partial charge in [0.1, 0.15) is 17.4 Å². The number of aromatic nitrogens is 1. The fourth-order valence-corrected chi connectivity index (χ4v) is 3.27. The van der Waals surface area contributed by atoms with Gasteiger partial charge in [-0.2, -0.15) is 0 Å². The quantitative estimate of drug-likeness (QED) is 0.702. The SMILES string of the molecule is COc1ccc2[nH]cc(C(NN3CCN(C(=O)OC(C)(C)C)CC3)C(=O)O)c2c1. The molecule has 1 aromatic carbocycles. The number of H-pyrrole nitrogens is 1. The first-order chi connectivity index (χ1) is 13.7. The smallest absolute Gasteiger partial charge is 0.410 e. The molecular formula is C20H28N4O5. The Morgan fingerprint density at radius 2 is 1.90 bits per heavy atom. The minimum absolute atomic E-state index is 0.351. The van der Waals surface area contributed by atoms with Gasteiger partial charge in [-0.3, -0.25) is 4.79 Å². The van der Waals surface area contributed by atoms with Gasteiger partial charge < -0.3 is 24.5 Å². The largest absolute Gasteiger partial charge is 0.497 e. The van der Waals surface area contributed by atoms with Gasteiger partial charge in [0, 0.05) is 48.8 Å². The van der Waals surface area contributed by atoms with Gasteiger partial charge in [-0.25, -0.2) is 15.2 Å². The maximum Gasteiger partial charge on any atom is 0.410 e. The van der Waals surface area contributed by atoms with Crippen LogP contribution in [-0.2, 0) is 9.53 Å². The Kier molecular flexibility index (Phi) is 5.99. The number of hydrogen-bond acceptors (Lipinski definition) is 6. The van der Waals surface area contributed by atoms with E-state index >= 15 is 0 Å². The Morgan fingerprint density at radius 3 is 2.48 bits per heavy atom. The van der Waals surface area contributed by atoms with Gasteiger partial charge >= 0.3 is 12.1 Å². The summed E-state index contributed by atoms with van der Waals surface area (Å²) in [5.74, 6) is -0.322. The highest BCUT2D eigenvalue weighted by atomic mass is 16.6. The summed E-state index contributed by atoms with van der Waals surface area (Å²) in [6.07, 6.45) is 1.35. The predicted octanol–water partition coefficient (Wildman–Crippen LogP) is 2.36. The number of piperazine rings is 1. The number of aromatic amines is 1. The molecule has 1 amide bonds. The second kappa shape index (κ2) is 8.30. The second-order valence-corrected chi connectivity index (χ2v) is 8.01. The lowest BCUT2D eigenvalue weighted by Crippen LogP contribution is -2.55. The average Bonchev–Trinajstić information content (AvgIpc) is 3.07. The van der Waals surface area contributed by atoms with Crippen LogP contribution in [0.25, 0.3) is 10.9 Å². The number of rotatable bonds is 5. The Morgan fingerprint density at radius 1 is 1.21 bits per heavy atom. The van der Waals surface area contributed by atoms with Crippen LogP contribution in [-0.4, -0.2) is 71.0 Å². The molecule has 1 atom stereocenters. The molecule has 0 saturated carbocycles. The lowest BCUT2D eigenvalue weighted by molar-refractivity contribution is -0.141. The number of nitrogens with zero attached hydrogens (tertiary/aromatic N) is 2. The number of ether oxygens (including phenoxy) is 2. The highest BCUT2D eigenvalue weighted by molar-refractivity contribution is 5.90. The van der Waals surface area contributed by atoms with Gasteiger partial charge in [0.25, 0.3) is 0 Å². The standard InChI is InChI=1S/C20H28N4O5/c1-20(2,3)29-19(27)23-7-9-24(10-8-23)22-17(18(25)26)15-12-21-16-6-5-13(28-4)11-14(15)16/h5-6,11-12,17,21-22H,7-10H2,1-4H3,(H,25,26). The van der Waals surface area contributed by atoms with E-state index in [4.69, 9.17) is 9.47 Å². The molecule has 9 nitrogen and oxygen atoms in total. The minimum Gasteiger partial charge on any atom is -0.497 e. The summed E-state index contributed by atoms with van der Waals surface area (Å²) in [5.41, 5.74) is 4.01. The molecule has 0 spiro atoms. The Balaban J connectivity index is 1.69. The third-order valence-electron chi connectivity index (χ3n) is 4.72. The van der Waals surface area contributed by atoms with Gasteiger partial charge in [0.05, 0.1) is 7.11 Å². The number of carbonyl (C=O) groups excluding carboxylic acids is 1. The van der Waals surface area contributed by atoms with Crippen molar-refractivity contribution in [2.45, 2.75) is 32.4 Å². The van der Waals surface area contributed by atoms with Crippen molar-refractivity contribution in [1.29, 1.82) is 0 Å². The van der Waals surface area contributed by atoms with Gasteiger partial charge in [-0.05, 0) is 39.0 Å². The predicted molar refractivity (Wildman–Crippen MR) is 108 cm³/mol. The first-order valence-corrected chi connectivity index (χ1v) is 9.55. The van der Waals surface area contributed by atoms with Crippen LogP contribution >= 0.6 is 0 Å². The Bertz CT molecular complexity index is 881. The van der Waals surface area contributed by atoms with Crippen molar-refractivity contribution in [1.82, 2.24) is 20.3 Å². The average molecular weight is 404 g/mol. The molecule has 1 unspecified atom stereocenters. The van der Waals surface area contributed by atoms with E-state index in [1.165, 1.54) is 0 Å². The van der Waals surface area contributed by atoms with Crippen LogP contribution < -0.4 is 10.2 Å². The number of carboxylic acids is 1. The van der Waals surface area contributed by atoms with E-state index in [1.807, 2.05) is 44.0 Å². The van der Waals surface area contributed by atoms with E-state index in [-0.39, 0.29) is 6.09 Å². The first kappa shape index (κ1) is 20.9. The molecule has 3 N–H and O–H groups in total. The zero-order chi connectivity index (χ0) is 21.2. The molecule has 158 valence electrons. The van der Waals surface area contributed by atoms with Crippen molar-refractivity contribution in [2.75, 3.05) is 33.3 Å². The Hall–Kier alpha value is -2.78. The highest BCUT2D eigenvalue weighted by Gasteiger charge is 2.30. The molecule has 9 heteroatoms. The molecule has 1 aliphatic rings. The number of hydrazine groups is 1. The number of amides is 1. The van der Waals surface area contributed by atoms with Crippen molar-refractivity contribution >= 4 is 23.0 Å². The van der Waals surface area contributed by atoms with Gasteiger partial charge in [0.15, 0.2) is 0 Å². The molecule has 1 aliphatic heterocycles. The van der Waals surface area contributed by atoms with E-state index in [0.29, 0.717) is 37.5 Å². The summed E-state index contributed by atoms with van der Waals surface area (Å²) in [4.78, 5) is 28.9. The summed E-state index contributed by atoms with van der Waals surface area (Å²) in [6, 6.07) is 4.57. The van der Waals surface area contributed by atoms with Crippen LogP contribution in [0.15, 0.2) is 24.4 Å². The van der Waals surface area contributed by atoms with Crippen LogP contribution in [0.2, 0.25) is 0 Å². The maximum absolute atomic E-state index is 12.2. The van der Waals surface area contributed by atoms with E-state index < -0.39 is 17.6 Å².